The molecule has 0 aromatic rings. The molecule has 1 aliphatic rings. The van der Waals surface area contributed by atoms with E-state index in [0.717, 1.165) is 12.8 Å². The molecule has 1 N–H and O–H groups in total. The molecule has 0 saturated heterocycles. The van der Waals surface area contributed by atoms with E-state index in [4.69, 9.17) is 5.11 Å². The summed E-state index contributed by atoms with van der Waals surface area (Å²) in [6.07, 6.45) is 5.38. The van der Waals surface area contributed by atoms with Crippen molar-refractivity contribution in [3.8, 4) is 0 Å². The number of rotatable bonds is 1. The van der Waals surface area contributed by atoms with Crippen LogP contribution < -0.4 is 0 Å². The van der Waals surface area contributed by atoms with Crippen LogP contribution in [0.2, 0.25) is 0 Å². The predicted octanol–water partition coefficient (Wildman–Crippen LogP) is 1.37. The number of aliphatic hydroxyl groups is 1. The zero-order valence-corrected chi connectivity index (χ0v) is 5.30. The maximum atomic E-state index is 9.01. The second-order valence-corrected chi connectivity index (χ2v) is 2.56. The van der Waals surface area contributed by atoms with E-state index in [0.29, 0.717) is 5.92 Å². The third-order valence-electron chi connectivity index (χ3n) is 1.92. The first kappa shape index (κ1) is 6.09. The third kappa shape index (κ3) is 1.22. The third-order valence-corrected chi connectivity index (χ3v) is 1.92. The van der Waals surface area contributed by atoms with Crippen molar-refractivity contribution < 1.29 is 5.11 Å². The Labute approximate surface area is 50.7 Å². The molecule has 8 heavy (non-hydrogen) atoms. The molecule has 0 aromatic carbocycles. The molecule has 1 radical (unpaired) electrons. The highest BCUT2D eigenvalue weighted by atomic mass is 16.3. The van der Waals surface area contributed by atoms with Crippen LogP contribution in [0.3, 0.4) is 0 Å². The van der Waals surface area contributed by atoms with E-state index < -0.39 is 0 Å². The minimum absolute atomic E-state index is 0.00352. The van der Waals surface area contributed by atoms with Gasteiger partial charge >= 0.3 is 0 Å². The predicted molar refractivity (Wildman–Crippen MR) is 33.3 cm³/mol. The smallest absolute Gasteiger partial charge is 0.0543 e. The average Bonchev–Trinajstić information content (AvgIpc) is 2.14. The highest BCUT2D eigenvalue weighted by Gasteiger charge is 2.20. The molecule has 2 unspecified atom stereocenters. The lowest BCUT2D eigenvalue weighted by molar-refractivity contribution is 0.179. The van der Waals surface area contributed by atoms with E-state index in [1.54, 1.807) is 0 Å². The van der Waals surface area contributed by atoms with Gasteiger partial charge in [-0.05, 0) is 31.6 Å². The molecule has 47 valence electrons. The summed E-state index contributed by atoms with van der Waals surface area (Å²) in [5.41, 5.74) is 0. The van der Waals surface area contributed by atoms with Gasteiger partial charge in [0.2, 0.25) is 0 Å². The standard InChI is InChI=1S/C7H13O/c1-2-6-3-4-7(8)5-6/h2,6-8H,3-5H2,1H3. The lowest BCUT2D eigenvalue weighted by Gasteiger charge is -2.01. The molecule has 1 saturated carbocycles. The topological polar surface area (TPSA) is 20.2 Å². The molecule has 0 amide bonds. The van der Waals surface area contributed by atoms with Crippen LogP contribution in [0.25, 0.3) is 0 Å². The second-order valence-electron chi connectivity index (χ2n) is 2.56. The van der Waals surface area contributed by atoms with E-state index in [2.05, 4.69) is 13.3 Å². The molecule has 2 atom stereocenters. The van der Waals surface area contributed by atoms with Gasteiger partial charge in [-0.1, -0.05) is 6.92 Å². The number of hydrogen-bond acceptors (Lipinski definition) is 1. The maximum Gasteiger partial charge on any atom is 0.0543 e. The van der Waals surface area contributed by atoms with Crippen LogP contribution in [-0.2, 0) is 0 Å². The lowest BCUT2D eigenvalue weighted by atomic mass is 10.1. The molecule has 1 fully saturated rings. The Morgan fingerprint density at radius 3 is 2.50 bits per heavy atom. The van der Waals surface area contributed by atoms with Crippen molar-refractivity contribution in [2.24, 2.45) is 5.92 Å². The second kappa shape index (κ2) is 2.49. The Hall–Kier alpha value is -0.0400. The van der Waals surface area contributed by atoms with E-state index in [-0.39, 0.29) is 6.10 Å². The molecule has 1 aliphatic carbocycles. The van der Waals surface area contributed by atoms with Crippen molar-refractivity contribution in [3.63, 3.8) is 0 Å². The largest absolute Gasteiger partial charge is 0.393 e. The van der Waals surface area contributed by atoms with Crippen molar-refractivity contribution in [1.29, 1.82) is 0 Å². The molecular weight excluding hydrogens is 100 g/mol. The fourth-order valence-corrected chi connectivity index (χ4v) is 1.29. The van der Waals surface area contributed by atoms with Crippen LogP contribution in [0.5, 0.6) is 0 Å². The van der Waals surface area contributed by atoms with Crippen LogP contribution in [0.15, 0.2) is 0 Å². The monoisotopic (exact) mass is 113 g/mol. The lowest BCUT2D eigenvalue weighted by Crippen LogP contribution is -1.99. The molecule has 0 heterocycles. The van der Waals surface area contributed by atoms with E-state index in [1.165, 1.54) is 6.42 Å². The minimum Gasteiger partial charge on any atom is -0.393 e. The van der Waals surface area contributed by atoms with Gasteiger partial charge in [0.15, 0.2) is 0 Å². The average molecular weight is 113 g/mol. The Morgan fingerprint density at radius 1 is 1.50 bits per heavy atom. The fraction of sp³-hybridized carbons (Fsp3) is 0.857. The van der Waals surface area contributed by atoms with Crippen molar-refractivity contribution in [2.45, 2.75) is 32.3 Å². The summed E-state index contributed by atoms with van der Waals surface area (Å²) < 4.78 is 0. The van der Waals surface area contributed by atoms with Gasteiger partial charge in [-0.25, -0.2) is 0 Å². The first-order valence-electron chi connectivity index (χ1n) is 3.30. The van der Waals surface area contributed by atoms with Gasteiger partial charge in [-0.2, -0.15) is 0 Å². The molecule has 0 aromatic heterocycles. The summed E-state index contributed by atoms with van der Waals surface area (Å²) in [5.74, 6) is 0.699. The first-order chi connectivity index (χ1) is 3.83. The molecule has 1 rings (SSSR count). The van der Waals surface area contributed by atoms with Crippen molar-refractivity contribution >= 4 is 0 Å². The molecule has 1 nitrogen and oxygen atoms in total. The first-order valence-corrected chi connectivity index (χ1v) is 3.30. The van der Waals surface area contributed by atoms with Crippen LogP contribution in [0.1, 0.15) is 26.2 Å². The molecule has 0 spiro atoms. The van der Waals surface area contributed by atoms with Gasteiger partial charge in [-0.15, -0.1) is 0 Å². The zero-order valence-electron chi connectivity index (χ0n) is 5.30. The maximum absolute atomic E-state index is 9.01. The number of hydrogen-bond donors (Lipinski definition) is 1. The summed E-state index contributed by atoms with van der Waals surface area (Å²) >= 11 is 0. The van der Waals surface area contributed by atoms with Crippen LogP contribution in [-0.4, -0.2) is 11.2 Å². The summed E-state index contributed by atoms with van der Waals surface area (Å²) in [4.78, 5) is 0. The summed E-state index contributed by atoms with van der Waals surface area (Å²) in [6, 6.07) is 0. The van der Waals surface area contributed by atoms with E-state index in [9.17, 15) is 0 Å². The van der Waals surface area contributed by atoms with Gasteiger partial charge in [0.05, 0.1) is 6.10 Å². The Morgan fingerprint density at radius 2 is 2.25 bits per heavy atom. The highest BCUT2D eigenvalue weighted by molar-refractivity contribution is 4.81. The van der Waals surface area contributed by atoms with Crippen molar-refractivity contribution in [2.75, 3.05) is 0 Å². The molecule has 0 aliphatic heterocycles. The minimum atomic E-state index is -0.00352. The summed E-state index contributed by atoms with van der Waals surface area (Å²) in [5, 5.41) is 9.01. The van der Waals surface area contributed by atoms with E-state index >= 15 is 0 Å². The number of aliphatic hydroxyl groups excluding tert-OH is 1. The summed E-state index contributed by atoms with van der Waals surface area (Å²) in [7, 11) is 0. The van der Waals surface area contributed by atoms with Gasteiger partial charge < -0.3 is 5.11 Å². The van der Waals surface area contributed by atoms with Crippen LogP contribution >= 0.6 is 0 Å². The van der Waals surface area contributed by atoms with Crippen molar-refractivity contribution in [1.82, 2.24) is 0 Å². The quantitative estimate of drug-likeness (QED) is 0.544. The summed E-state index contributed by atoms with van der Waals surface area (Å²) in [6.45, 7) is 2.07. The van der Waals surface area contributed by atoms with Crippen molar-refractivity contribution in [3.05, 3.63) is 6.42 Å². The van der Waals surface area contributed by atoms with Gasteiger partial charge in [0, 0.05) is 0 Å². The fourth-order valence-electron chi connectivity index (χ4n) is 1.29. The highest BCUT2D eigenvalue weighted by Crippen LogP contribution is 2.26. The van der Waals surface area contributed by atoms with Gasteiger partial charge in [-0.3, -0.25) is 0 Å². The SMILES string of the molecule is C[CH]C1CCC(O)C1. The van der Waals surface area contributed by atoms with E-state index in [1.807, 2.05) is 0 Å². The molecule has 1 heteroatoms. The van der Waals surface area contributed by atoms with Gasteiger partial charge in [0.1, 0.15) is 0 Å². The zero-order chi connectivity index (χ0) is 5.98. The Bertz CT molecular complexity index is 70.8. The molecule has 0 bridgehead atoms. The van der Waals surface area contributed by atoms with Crippen LogP contribution in [0, 0.1) is 12.3 Å². The van der Waals surface area contributed by atoms with Crippen LogP contribution in [0.4, 0.5) is 0 Å². The Kier molecular flexibility index (Phi) is 1.90. The Balaban J connectivity index is 2.22. The normalized spacial score (nSPS) is 38.2. The van der Waals surface area contributed by atoms with Gasteiger partial charge in [0.25, 0.3) is 0 Å². The molecular formula is C7H13O.